The second-order valence-electron chi connectivity index (χ2n) is 5.79. The predicted molar refractivity (Wildman–Crippen MR) is 104 cm³/mol. The van der Waals surface area contributed by atoms with Crippen molar-refractivity contribution in [2.75, 3.05) is 19.0 Å². The van der Waals surface area contributed by atoms with Gasteiger partial charge in [-0.1, -0.05) is 13.0 Å². The zero-order chi connectivity index (χ0) is 20.7. The van der Waals surface area contributed by atoms with Crippen LogP contribution in [0.3, 0.4) is 0 Å². The van der Waals surface area contributed by atoms with Crippen molar-refractivity contribution in [2.24, 2.45) is 0 Å². The van der Waals surface area contributed by atoms with Crippen LogP contribution in [0, 0.1) is 0 Å². The van der Waals surface area contributed by atoms with E-state index in [0.29, 0.717) is 11.4 Å². The van der Waals surface area contributed by atoms with Crippen LogP contribution in [0.4, 0.5) is 5.69 Å². The van der Waals surface area contributed by atoms with E-state index in [0.717, 1.165) is 0 Å². The molecule has 2 aromatic rings. The fourth-order valence-electron chi connectivity index (χ4n) is 2.27. The molecular weight excluding hydrogens is 384 g/mol. The molecule has 0 bridgehead atoms. The van der Waals surface area contributed by atoms with Crippen molar-refractivity contribution in [3.8, 4) is 5.75 Å². The molecule has 0 fully saturated rings. The first-order chi connectivity index (χ1) is 13.3. The summed E-state index contributed by atoms with van der Waals surface area (Å²) in [6.07, 6.45) is -1.05. The predicted octanol–water partition coefficient (Wildman–Crippen LogP) is 2.18. The van der Waals surface area contributed by atoms with E-state index in [1.807, 2.05) is 0 Å². The third kappa shape index (κ3) is 5.54. The monoisotopic (exact) mass is 406 g/mol. The van der Waals surface area contributed by atoms with Crippen molar-refractivity contribution in [1.82, 2.24) is 4.72 Å². The Kier molecular flexibility index (Phi) is 7.13. The van der Waals surface area contributed by atoms with E-state index < -0.39 is 28.0 Å². The highest BCUT2D eigenvalue weighted by Gasteiger charge is 2.20. The van der Waals surface area contributed by atoms with Crippen molar-refractivity contribution >= 4 is 27.6 Å². The molecule has 0 aromatic heterocycles. The summed E-state index contributed by atoms with van der Waals surface area (Å²) in [5.41, 5.74) is 0.640. The first kappa shape index (κ1) is 21.4. The summed E-state index contributed by atoms with van der Waals surface area (Å²) in [6, 6.07) is 12.0. The van der Waals surface area contributed by atoms with Gasteiger partial charge in [-0.15, -0.1) is 0 Å². The van der Waals surface area contributed by atoms with Gasteiger partial charge >= 0.3 is 5.97 Å². The van der Waals surface area contributed by atoms with E-state index in [2.05, 4.69) is 10.0 Å². The average molecular weight is 406 g/mol. The second kappa shape index (κ2) is 9.34. The minimum absolute atomic E-state index is 0.0368. The van der Waals surface area contributed by atoms with Gasteiger partial charge in [0.05, 0.1) is 17.6 Å². The minimum atomic E-state index is -3.61. The van der Waals surface area contributed by atoms with Crippen LogP contribution in [0.1, 0.15) is 24.2 Å². The minimum Gasteiger partial charge on any atom is -0.497 e. The quantitative estimate of drug-likeness (QED) is 0.650. The molecule has 150 valence electrons. The molecule has 0 radical (unpaired) electrons. The molecule has 2 N–H and O–H groups in total. The highest BCUT2D eigenvalue weighted by molar-refractivity contribution is 7.89. The summed E-state index contributed by atoms with van der Waals surface area (Å²) in [6.45, 7) is 3.37. The number of carbonyl (C=O) groups is 2. The fraction of sp³-hybridized carbons (Fsp3) is 0.263. The summed E-state index contributed by atoms with van der Waals surface area (Å²) >= 11 is 0. The smallest absolute Gasteiger partial charge is 0.338 e. The van der Waals surface area contributed by atoms with Crippen LogP contribution in [0.15, 0.2) is 53.4 Å². The standard InChI is InChI=1S/C19H22N2O6S/c1-4-20-28(24,25)17-10-8-14(9-11-17)19(23)27-13(2)18(22)21-15-6-5-7-16(12-15)26-3/h5-13,20H,4H2,1-3H3,(H,21,22)/t13-/m0/s1. The number of hydrogen-bond acceptors (Lipinski definition) is 6. The number of anilines is 1. The summed E-state index contributed by atoms with van der Waals surface area (Å²) in [5.74, 6) is -0.663. The van der Waals surface area contributed by atoms with Gasteiger partial charge < -0.3 is 14.8 Å². The lowest BCUT2D eigenvalue weighted by Crippen LogP contribution is -2.30. The van der Waals surface area contributed by atoms with Gasteiger partial charge in [0.15, 0.2) is 6.10 Å². The third-order valence-electron chi connectivity index (χ3n) is 3.72. The molecular formula is C19H22N2O6S. The lowest BCUT2D eigenvalue weighted by Gasteiger charge is -2.14. The number of ether oxygens (including phenoxy) is 2. The number of sulfonamides is 1. The number of hydrogen-bond donors (Lipinski definition) is 2. The van der Waals surface area contributed by atoms with Crippen molar-refractivity contribution in [2.45, 2.75) is 24.8 Å². The Hall–Kier alpha value is -2.91. The number of rotatable bonds is 8. The van der Waals surface area contributed by atoms with Crippen LogP contribution in [-0.4, -0.2) is 40.1 Å². The maximum Gasteiger partial charge on any atom is 0.338 e. The molecule has 2 rings (SSSR count). The number of carbonyl (C=O) groups excluding carboxylic acids is 2. The van der Waals surface area contributed by atoms with E-state index in [1.165, 1.54) is 38.3 Å². The first-order valence-electron chi connectivity index (χ1n) is 8.52. The zero-order valence-corrected chi connectivity index (χ0v) is 16.6. The highest BCUT2D eigenvalue weighted by Crippen LogP contribution is 2.17. The third-order valence-corrected chi connectivity index (χ3v) is 5.29. The number of benzene rings is 2. The largest absolute Gasteiger partial charge is 0.497 e. The van der Waals surface area contributed by atoms with Gasteiger partial charge in [-0.05, 0) is 43.3 Å². The average Bonchev–Trinajstić information content (AvgIpc) is 2.68. The molecule has 1 atom stereocenters. The molecule has 0 saturated carbocycles. The van der Waals surface area contributed by atoms with Crippen LogP contribution < -0.4 is 14.8 Å². The van der Waals surface area contributed by atoms with Crippen molar-refractivity contribution in [1.29, 1.82) is 0 Å². The molecule has 1 amide bonds. The molecule has 9 heteroatoms. The van der Waals surface area contributed by atoms with Crippen molar-refractivity contribution < 1.29 is 27.5 Å². The Bertz CT molecular complexity index is 941. The van der Waals surface area contributed by atoms with E-state index in [9.17, 15) is 18.0 Å². The Morgan fingerprint density at radius 3 is 2.39 bits per heavy atom. The normalized spacial score (nSPS) is 12.1. The molecule has 0 aliphatic rings. The molecule has 0 unspecified atom stereocenters. The summed E-state index contributed by atoms with van der Waals surface area (Å²) in [5, 5.41) is 2.63. The molecule has 0 aliphatic carbocycles. The Labute approximate surface area is 163 Å². The van der Waals surface area contributed by atoms with Gasteiger partial charge in [-0.25, -0.2) is 17.9 Å². The van der Waals surface area contributed by atoms with Crippen molar-refractivity contribution in [3.63, 3.8) is 0 Å². The molecule has 28 heavy (non-hydrogen) atoms. The Balaban J connectivity index is 2.00. The van der Waals surface area contributed by atoms with E-state index in [-0.39, 0.29) is 17.0 Å². The van der Waals surface area contributed by atoms with E-state index in [4.69, 9.17) is 9.47 Å². The zero-order valence-electron chi connectivity index (χ0n) is 15.8. The van der Waals surface area contributed by atoms with Gasteiger partial charge in [0.1, 0.15) is 5.75 Å². The van der Waals surface area contributed by atoms with Crippen LogP contribution in [-0.2, 0) is 19.6 Å². The van der Waals surface area contributed by atoms with Crippen LogP contribution >= 0.6 is 0 Å². The van der Waals surface area contributed by atoms with Crippen LogP contribution in [0.5, 0.6) is 5.75 Å². The highest BCUT2D eigenvalue weighted by atomic mass is 32.2. The van der Waals surface area contributed by atoms with Gasteiger partial charge in [0, 0.05) is 18.3 Å². The van der Waals surface area contributed by atoms with Gasteiger partial charge in [0.2, 0.25) is 10.0 Å². The van der Waals surface area contributed by atoms with Gasteiger partial charge in [-0.2, -0.15) is 0 Å². The van der Waals surface area contributed by atoms with Crippen molar-refractivity contribution in [3.05, 3.63) is 54.1 Å². The summed E-state index contributed by atoms with van der Waals surface area (Å²) < 4.78 is 36.4. The second-order valence-corrected chi connectivity index (χ2v) is 7.56. The maximum atomic E-state index is 12.2. The van der Waals surface area contributed by atoms with E-state index >= 15 is 0 Å². The van der Waals surface area contributed by atoms with Crippen LogP contribution in [0.25, 0.3) is 0 Å². The fourth-order valence-corrected chi connectivity index (χ4v) is 3.31. The van der Waals surface area contributed by atoms with E-state index in [1.54, 1.807) is 31.2 Å². The topological polar surface area (TPSA) is 111 Å². The molecule has 0 heterocycles. The lowest BCUT2D eigenvalue weighted by molar-refractivity contribution is -0.123. The lowest BCUT2D eigenvalue weighted by atomic mass is 10.2. The Morgan fingerprint density at radius 1 is 1.11 bits per heavy atom. The SMILES string of the molecule is CCNS(=O)(=O)c1ccc(C(=O)O[C@@H](C)C(=O)Nc2cccc(OC)c2)cc1. The number of methoxy groups -OCH3 is 1. The number of nitrogens with one attached hydrogen (secondary N) is 2. The number of esters is 1. The maximum absolute atomic E-state index is 12.2. The van der Waals surface area contributed by atoms with Gasteiger partial charge in [-0.3, -0.25) is 4.79 Å². The molecule has 8 nitrogen and oxygen atoms in total. The number of amides is 1. The van der Waals surface area contributed by atoms with Crippen LogP contribution in [0.2, 0.25) is 0 Å². The summed E-state index contributed by atoms with van der Waals surface area (Å²) in [4.78, 5) is 24.5. The molecule has 0 spiro atoms. The molecule has 2 aromatic carbocycles. The molecule has 0 aliphatic heterocycles. The summed E-state index contributed by atoms with van der Waals surface area (Å²) in [7, 11) is -2.09. The van der Waals surface area contributed by atoms with Gasteiger partial charge in [0.25, 0.3) is 5.91 Å². The first-order valence-corrected chi connectivity index (χ1v) is 10.0. The Morgan fingerprint density at radius 2 is 1.79 bits per heavy atom. The molecule has 0 saturated heterocycles.